The molecular formula is C24H37N3O2. The van der Waals surface area contributed by atoms with Crippen molar-refractivity contribution in [3.8, 4) is 0 Å². The predicted molar refractivity (Wildman–Crippen MR) is 119 cm³/mol. The fourth-order valence-electron chi connectivity index (χ4n) is 4.51. The molecule has 1 saturated heterocycles. The van der Waals surface area contributed by atoms with Crippen molar-refractivity contribution >= 4 is 23.2 Å². The molecule has 5 heteroatoms. The van der Waals surface area contributed by atoms with E-state index in [4.69, 9.17) is 0 Å². The van der Waals surface area contributed by atoms with E-state index in [0.29, 0.717) is 18.7 Å². The normalized spacial score (nSPS) is 17.6. The lowest BCUT2D eigenvalue weighted by atomic mass is 10.0. The van der Waals surface area contributed by atoms with E-state index < -0.39 is 0 Å². The van der Waals surface area contributed by atoms with Gasteiger partial charge in [-0.25, -0.2) is 0 Å². The number of hydrogen-bond donors (Lipinski definition) is 1. The number of carbonyl (C=O) groups excluding carboxylic acids is 2. The number of nitrogens with zero attached hydrogens (tertiary/aromatic N) is 2. The average Bonchev–Trinajstić information content (AvgIpc) is 3.27. The Labute approximate surface area is 175 Å². The first-order valence-corrected chi connectivity index (χ1v) is 11.6. The van der Waals surface area contributed by atoms with E-state index in [1.807, 2.05) is 17.0 Å². The summed E-state index contributed by atoms with van der Waals surface area (Å²) >= 11 is 0. The summed E-state index contributed by atoms with van der Waals surface area (Å²) in [6.07, 6.45) is 10.9. The Kier molecular flexibility index (Phi) is 8.38. The van der Waals surface area contributed by atoms with Crippen LogP contribution in [0.1, 0.15) is 71.1 Å². The lowest BCUT2D eigenvalue weighted by Gasteiger charge is -2.36. The maximum atomic E-state index is 12.3. The van der Waals surface area contributed by atoms with Crippen LogP contribution in [0.5, 0.6) is 0 Å². The highest BCUT2D eigenvalue weighted by atomic mass is 16.2. The van der Waals surface area contributed by atoms with E-state index in [1.165, 1.54) is 25.7 Å². The molecule has 0 unspecified atom stereocenters. The summed E-state index contributed by atoms with van der Waals surface area (Å²) in [6.45, 7) is 5.49. The number of amides is 2. The number of hydrogen-bond acceptors (Lipinski definition) is 3. The van der Waals surface area contributed by atoms with Gasteiger partial charge in [0.15, 0.2) is 0 Å². The summed E-state index contributed by atoms with van der Waals surface area (Å²) in [4.78, 5) is 28.8. The highest BCUT2D eigenvalue weighted by Gasteiger charge is 2.21. The predicted octanol–water partition coefficient (Wildman–Crippen LogP) is 4.82. The first kappa shape index (κ1) is 21.7. The smallest absolute Gasteiger partial charge is 0.224 e. The van der Waals surface area contributed by atoms with Gasteiger partial charge < -0.3 is 15.1 Å². The second-order valence-corrected chi connectivity index (χ2v) is 8.61. The van der Waals surface area contributed by atoms with E-state index >= 15 is 0 Å². The van der Waals surface area contributed by atoms with E-state index in [2.05, 4.69) is 29.3 Å². The van der Waals surface area contributed by atoms with Crippen LogP contribution in [0, 0.1) is 5.92 Å². The number of unbranched alkanes of at least 4 members (excludes halogenated alkanes) is 2. The monoisotopic (exact) mass is 399 g/mol. The zero-order valence-corrected chi connectivity index (χ0v) is 18.0. The zero-order valence-electron chi connectivity index (χ0n) is 18.0. The molecule has 5 nitrogen and oxygen atoms in total. The topological polar surface area (TPSA) is 52.7 Å². The maximum absolute atomic E-state index is 12.3. The third-order valence-corrected chi connectivity index (χ3v) is 6.40. The van der Waals surface area contributed by atoms with Gasteiger partial charge in [-0.3, -0.25) is 9.59 Å². The summed E-state index contributed by atoms with van der Waals surface area (Å²) in [5, 5.41) is 3.03. The minimum Gasteiger partial charge on any atom is -0.368 e. The minimum atomic E-state index is 0.125. The lowest BCUT2D eigenvalue weighted by Crippen LogP contribution is -2.48. The first-order chi connectivity index (χ1) is 14.2. The number of benzene rings is 1. The van der Waals surface area contributed by atoms with Gasteiger partial charge >= 0.3 is 0 Å². The van der Waals surface area contributed by atoms with Crippen LogP contribution < -0.4 is 10.2 Å². The highest BCUT2D eigenvalue weighted by molar-refractivity contribution is 5.90. The van der Waals surface area contributed by atoms with Crippen molar-refractivity contribution < 1.29 is 9.59 Å². The molecule has 0 aromatic heterocycles. The van der Waals surface area contributed by atoms with Crippen LogP contribution in [-0.2, 0) is 9.59 Å². The van der Waals surface area contributed by atoms with Crippen LogP contribution in [0.25, 0.3) is 0 Å². The summed E-state index contributed by atoms with van der Waals surface area (Å²) in [5.41, 5.74) is 2.03. The molecule has 160 valence electrons. The molecule has 1 aliphatic heterocycles. The van der Waals surface area contributed by atoms with Crippen LogP contribution >= 0.6 is 0 Å². The molecule has 1 heterocycles. The maximum Gasteiger partial charge on any atom is 0.224 e. The standard InChI is InChI=1S/C24H37N3O2/c1-2-3-4-9-24(29)27-18-16-26(17-19-27)22-13-11-21(12-14-22)25-23(28)15-10-20-7-5-6-8-20/h11-14,20H,2-10,15-19H2,1H3,(H,25,28). The molecular weight excluding hydrogens is 362 g/mol. The van der Waals surface area contributed by atoms with Crippen molar-refractivity contribution in [2.75, 3.05) is 36.4 Å². The largest absolute Gasteiger partial charge is 0.368 e. The molecule has 0 radical (unpaired) electrons. The number of anilines is 2. The number of nitrogens with one attached hydrogen (secondary N) is 1. The second kappa shape index (κ2) is 11.2. The van der Waals surface area contributed by atoms with Gasteiger partial charge in [0.05, 0.1) is 0 Å². The van der Waals surface area contributed by atoms with Gasteiger partial charge in [0.2, 0.25) is 11.8 Å². The van der Waals surface area contributed by atoms with Crippen LogP contribution in [0.2, 0.25) is 0 Å². The Bertz CT molecular complexity index is 645. The van der Waals surface area contributed by atoms with Gasteiger partial charge in [-0.15, -0.1) is 0 Å². The van der Waals surface area contributed by atoms with Crippen molar-refractivity contribution in [3.05, 3.63) is 24.3 Å². The quantitative estimate of drug-likeness (QED) is 0.606. The molecule has 2 aliphatic rings. The van der Waals surface area contributed by atoms with Gasteiger partial charge in [-0.1, -0.05) is 45.4 Å². The minimum absolute atomic E-state index is 0.125. The van der Waals surface area contributed by atoms with Crippen molar-refractivity contribution in [3.63, 3.8) is 0 Å². The molecule has 0 bridgehead atoms. The SMILES string of the molecule is CCCCCC(=O)N1CCN(c2ccc(NC(=O)CCC3CCCC3)cc2)CC1. The molecule has 1 aromatic rings. The Morgan fingerprint density at radius 3 is 2.31 bits per heavy atom. The molecule has 29 heavy (non-hydrogen) atoms. The van der Waals surface area contributed by atoms with E-state index in [9.17, 15) is 9.59 Å². The first-order valence-electron chi connectivity index (χ1n) is 11.6. The molecule has 1 N–H and O–H groups in total. The molecule has 0 spiro atoms. The van der Waals surface area contributed by atoms with E-state index in [-0.39, 0.29) is 5.91 Å². The van der Waals surface area contributed by atoms with Gasteiger partial charge in [0.25, 0.3) is 0 Å². The summed E-state index contributed by atoms with van der Waals surface area (Å²) in [5.74, 6) is 1.17. The Hall–Kier alpha value is -2.04. The fourth-order valence-corrected chi connectivity index (χ4v) is 4.51. The second-order valence-electron chi connectivity index (χ2n) is 8.61. The Morgan fingerprint density at radius 2 is 1.66 bits per heavy atom. The Morgan fingerprint density at radius 1 is 0.966 bits per heavy atom. The molecule has 1 saturated carbocycles. The van der Waals surface area contributed by atoms with Crippen molar-refractivity contribution in [1.29, 1.82) is 0 Å². The molecule has 3 rings (SSSR count). The van der Waals surface area contributed by atoms with Crippen LogP contribution in [0.4, 0.5) is 11.4 Å². The molecule has 0 atom stereocenters. The van der Waals surface area contributed by atoms with Gasteiger partial charge in [0, 0.05) is 50.4 Å². The number of carbonyl (C=O) groups is 2. The van der Waals surface area contributed by atoms with E-state index in [1.54, 1.807) is 0 Å². The van der Waals surface area contributed by atoms with Crippen LogP contribution in [0.15, 0.2) is 24.3 Å². The summed E-state index contributed by atoms with van der Waals surface area (Å²) in [6, 6.07) is 8.13. The number of piperazine rings is 1. The lowest BCUT2D eigenvalue weighted by molar-refractivity contribution is -0.131. The van der Waals surface area contributed by atoms with Crippen LogP contribution in [-0.4, -0.2) is 42.9 Å². The third kappa shape index (κ3) is 6.76. The van der Waals surface area contributed by atoms with Gasteiger partial charge in [0.1, 0.15) is 0 Å². The average molecular weight is 400 g/mol. The van der Waals surface area contributed by atoms with Crippen molar-refractivity contribution in [2.45, 2.75) is 71.1 Å². The molecule has 1 aromatic carbocycles. The van der Waals surface area contributed by atoms with Crippen molar-refractivity contribution in [2.24, 2.45) is 5.92 Å². The molecule has 1 aliphatic carbocycles. The summed E-state index contributed by atoms with van der Waals surface area (Å²) < 4.78 is 0. The van der Waals surface area contributed by atoms with Crippen molar-refractivity contribution in [1.82, 2.24) is 4.90 Å². The third-order valence-electron chi connectivity index (χ3n) is 6.40. The highest BCUT2D eigenvalue weighted by Crippen LogP contribution is 2.28. The van der Waals surface area contributed by atoms with Crippen LogP contribution in [0.3, 0.4) is 0 Å². The van der Waals surface area contributed by atoms with Gasteiger partial charge in [-0.05, 0) is 43.0 Å². The van der Waals surface area contributed by atoms with Gasteiger partial charge in [-0.2, -0.15) is 0 Å². The fraction of sp³-hybridized carbons (Fsp3) is 0.667. The number of rotatable bonds is 9. The Balaban J connectivity index is 1.39. The summed E-state index contributed by atoms with van der Waals surface area (Å²) in [7, 11) is 0. The van der Waals surface area contributed by atoms with E-state index in [0.717, 1.165) is 69.2 Å². The molecule has 2 amide bonds. The zero-order chi connectivity index (χ0) is 20.5. The molecule has 2 fully saturated rings.